The van der Waals surface area contributed by atoms with Crippen molar-refractivity contribution in [3.8, 4) is 11.4 Å². The second kappa shape index (κ2) is 8.48. The predicted molar refractivity (Wildman–Crippen MR) is 101 cm³/mol. The number of hydrogen-bond donors (Lipinski definition) is 1. The van der Waals surface area contributed by atoms with Crippen LogP contribution in [0.2, 0.25) is 0 Å². The minimum Gasteiger partial charge on any atom is -0.492 e. The molecule has 0 aliphatic rings. The van der Waals surface area contributed by atoms with Crippen molar-refractivity contribution in [2.75, 3.05) is 11.9 Å². The molecular weight excluding hydrogens is 350 g/mol. The van der Waals surface area contributed by atoms with Gasteiger partial charge in [0.1, 0.15) is 5.75 Å². The number of para-hydroxylation sites is 3. The van der Waals surface area contributed by atoms with Crippen LogP contribution in [0, 0.1) is 0 Å². The zero-order valence-electron chi connectivity index (χ0n) is 14.5. The molecule has 3 aromatic rings. The molecule has 0 spiro atoms. The third-order valence-corrected chi connectivity index (χ3v) is 4.57. The molecule has 1 heterocycles. The third kappa shape index (κ3) is 4.20. The number of carbonyl (C=O) groups is 1. The van der Waals surface area contributed by atoms with Crippen LogP contribution >= 0.6 is 11.8 Å². The first-order chi connectivity index (χ1) is 12.7. The molecule has 2 aromatic carbocycles. The molecule has 1 N–H and O–H groups in total. The SMILES string of the molecule is CCOc1ccccc1NC(=O)[C@H](C)Sc1nnnn1-c1ccccc1. The normalized spacial score (nSPS) is 11.8. The van der Waals surface area contributed by atoms with E-state index in [1.807, 2.05) is 68.4 Å². The Hall–Kier alpha value is -2.87. The number of hydrogen-bond acceptors (Lipinski definition) is 6. The first-order valence-electron chi connectivity index (χ1n) is 8.22. The van der Waals surface area contributed by atoms with Crippen molar-refractivity contribution in [3.63, 3.8) is 0 Å². The highest BCUT2D eigenvalue weighted by Gasteiger charge is 2.20. The van der Waals surface area contributed by atoms with E-state index in [-0.39, 0.29) is 5.91 Å². The van der Waals surface area contributed by atoms with Gasteiger partial charge in [0.25, 0.3) is 0 Å². The summed E-state index contributed by atoms with van der Waals surface area (Å²) >= 11 is 1.29. The summed E-state index contributed by atoms with van der Waals surface area (Å²) in [4.78, 5) is 12.6. The maximum absolute atomic E-state index is 12.6. The van der Waals surface area contributed by atoms with Crippen molar-refractivity contribution in [2.24, 2.45) is 0 Å². The lowest BCUT2D eigenvalue weighted by Gasteiger charge is -2.14. The average molecular weight is 369 g/mol. The molecule has 0 unspecified atom stereocenters. The number of tetrazole rings is 1. The molecule has 0 bridgehead atoms. The summed E-state index contributed by atoms with van der Waals surface area (Å²) < 4.78 is 7.16. The number of benzene rings is 2. The van der Waals surface area contributed by atoms with E-state index >= 15 is 0 Å². The summed E-state index contributed by atoms with van der Waals surface area (Å²) in [5, 5.41) is 14.8. The van der Waals surface area contributed by atoms with Gasteiger partial charge in [0.2, 0.25) is 11.1 Å². The van der Waals surface area contributed by atoms with Crippen LogP contribution in [0.3, 0.4) is 0 Å². The van der Waals surface area contributed by atoms with Gasteiger partial charge < -0.3 is 10.1 Å². The van der Waals surface area contributed by atoms with Crippen LogP contribution in [0.1, 0.15) is 13.8 Å². The zero-order chi connectivity index (χ0) is 18.4. The summed E-state index contributed by atoms with van der Waals surface area (Å²) in [5.41, 5.74) is 1.49. The number of amides is 1. The highest BCUT2D eigenvalue weighted by molar-refractivity contribution is 8.00. The molecule has 1 aromatic heterocycles. The number of anilines is 1. The quantitative estimate of drug-likeness (QED) is 0.644. The second-order valence-electron chi connectivity index (χ2n) is 5.39. The fourth-order valence-corrected chi connectivity index (χ4v) is 3.09. The van der Waals surface area contributed by atoms with Crippen LogP contribution < -0.4 is 10.1 Å². The number of nitrogens with one attached hydrogen (secondary N) is 1. The Morgan fingerprint density at radius 3 is 2.69 bits per heavy atom. The molecule has 0 aliphatic carbocycles. The van der Waals surface area contributed by atoms with Gasteiger partial charge in [-0.05, 0) is 48.5 Å². The molecular formula is C18H19N5O2S. The smallest absolute Gasteiger partial charge is 0.237 e. The van der Waals surface area contributed by atoms with Crippen molar-refractivity contribution in [1.82, 2.24) is 20.2 Å². The molecule has 7 nitrogen and oxygen atoms in total. The lowest BCUT2D eigenvalue weighted by Crippen LogP contribution is -2.23. The molecule has 0 radical (unpaired) electrons. The number of aromatic nitrogens is 4. The van der Waals surface area contributed by atoms with Crippen molar-refractivity contribution in [3.05, 3.63) is 54.6 Å². The lowest BCUT2D eigenvalue weighted by atomic mass is 10.3. The van der Waals surface area contributed by atoms with Crippen LogP contribution in [0.25, 0.3) is 5.69 Å². The van der Waals surface area contributed by atoms with E-state index in [0.717, 1.165) is 5.69 Å². The standard InChI is InChI=1S/C18H19N5O2S/c1-3-25-16-12-8-7-11-15(16)19-17(24)13(2)26-18-20-21-22-23(18)14-9-5-4-6-10-14/h4-13H,3H2,1-2H3,(H,19,24)/t13-/m0/s1. The van der Waals surface area contributed by atoms with Crippen molar-refractivity contribution < 1.29 is 9.53 Å². The number of carbonyl (C=O) groups excluding carboxylic acids is 1. The first-order valence-corrected chi connectivity index (χ1v) is 9.10. The van der Waals surface area contributed by atoms with Crippen LogP contribution in [-0.4, -0.2) is 38.0 Å². The van der Waals surface area contributed by atoms with Crippen LogP contribution in [0.4, 0.5) is 5.69 Å². The predicted octanol–water partition coefficient (Wildman–Crippen LogP) is 3.18. The van der Waals surface area contributed by atoms with Gasteiger partial charge >= 0.3 is 0 Å². The van der Waals surface area contributed by atoms with Crippen LogP contribution in [-0.2, 0) is 4.79 Å². The third-order valence-electron chi connectivity index (χ3n) is 3.54. The maximum atomic E-state index is 12.6. The van der Waals surface area contributed by atoms with E-state index in [1.54, 1.807) is 4.68 Å². The van der Waals surface area contributed by atoms with E-state index in [0.29, 0.717) is 23.2 Å². The van der Waals surface area contributed by atoms with E-state index in [9.17, 15) is 4.79 Å². The van der Waals surface area contributed by atoms with E-state index < -0.39 is 5.25 Å². The summed E-state index contributed by atoms with van der Waals surface area (Å²) in [5.74, 6) is 0.499. The minimum absolute atomic E-state index is 0.148. The van der Waals surface area contributed by atoms with Crippen molar-refractivity contribution >= 4 is 23.4 Å². The molecule has 0 saturated carbocycles. The van der Waals surface area contributed by atoms with Gasteiger partial charge in [-0.25, -0.2) is 0 Å². The highest BCUT2D eigenvalue weighted by Crippen LogP contribution is 2.27. The van der Waals surface area contributed by atoms with Crippen LogP contribution in [0.5, 0.6) is 5.75 Å². The fourth-order valence-electron chi connectivity index (χ4n) is 2.28. The lowest BCUT2D eigenvalue weighted by molar-refractivity contribution is -0.115. The molecule has 134 valence electrons. The summed E-state index contributed by atoms with van der Waals surface area (Å²) in [6.07, 6.45) is 0. The average Bonchev–Trinajstić information content (AvgIpc) is 3.12. The first kappa shape index (κ1) is 17.9. The molecule has 0 saturated heterocycles. The molecule has 26 heavy (non-hydrogen) atoms. The fraction of sp³-hybridized carbons (Fsp3) is 0.222. The molecule has 3 rings (SSSR count). The van der Waals surface area contributed by atoms with Crippen molar-refractivity contribution in [1.29, 1.82) is 0 Å². The molecule has 8 heteroatoms. The van der Waals surface area contributed by atoms with E-state index in [4.69, 9.17) is 4.74 Å². The Labute approximate surface area is 155 Å². The van der Waals surface area contributed by atoms with E-state index in [2.05, 4.69) is 20.8 Å². The highest BCUT2D eigenvalue weighted by atomic mass is 32.2. The minimum atomic E-state index is -0.391. The molecule has 1 amide bonds. The van der Waals surface area contributed by atoms with Gasteiger partial charge in [0.05, 0.1) is 23.2 Å². The van der Waals surface area contributed by atoms with Gasteiger partial charge in [-0.1, -0.05) is 42.1 Å². The number of nitrogens with zero attached hydrogens (tertiary/aromatic N) is 4. The zero-order valence-corrected chi connectivity index (χ0v) is 15.3. The monoisotopic (exact) mass is 369 g/mol. The maximum Gasteiger partial charge on any atom is 0.237 e. The largest absolute Gasteiger partial charge is 0.492 e. The Bertz CT molecular complexity index is 869. The topological polar surface area (TPSA) is 81.9 Å². The molecule has 0 fully saturated rings. The van der Waals surface area contributed by atoms with Gasteiger partial charge in [0.15, 0.2) is 0 Å². The Kier molecular flexibility index (Phi) is 5.85. The molecule has 1 atom stereocenters. The van der Waals surface area contributed by atoms with E-state index in [1.165, 1.54) is 11.8 Å². The van der Waals surface area contributed by atoms with Gasteiger partial charge in [-0.3, -0.25) is 4.79 Å². The Balaban J connectivity index is 1.70. The van der Waals surface area contributed by atoms with Gasteiger partial charge in [-0.2, -0.15) is 4.68 Å². The van der Waals surface area contributed by atoms with Crippen LogP contribution in [0.15, 0.2) is 59.8 Å². The van der Waals surface area contributed by atoms with Gasteiger partial charge in [0, 0.05) is 0 Å². The Morgan fingerprint density at radius 1 is 1.19 bits per heavy atom. The van der Waals surface area contributed by atoms with Crippen molar-refractivity contribution in [2.45, 2.75) is 24.3 Å². The number of thioether (sulfide) groups is 1. The summed E-state index contributed by atoms with van der Waals surface area (Å²) in [6, 6.07) is 16.9. The Morgan fingerprint density at radius 2 is 1.92 bits per heavy atom. The summed E-state index contributed by atoms with van der Waals surface area (Å²) in [6.45, 7) is 4.25. The summed E-state index contributed by atoms with van der Waals surface area (Å²) in [7, 11) is 0. The molecule has 0 aliphatic heterocycles. The van der Waals surface area contributed by atoms with Gasteiger partial charge in [-0.15, -0.1) is 5.10 Å². The number of rotatable bonds is 7. The second-order valence-corrected chi connectivity index (χ2v) is 6.70. The number of ether oxygens (including phenoxy) is 1.